The molecule has 0 bridgehead atoms. The molecule has 0 aliphatic rings. The third-order valence-corrected chi connectivity index (χ3v) is 4.22. The average molecular weight is 348 g/mol. The van der Waals surface area contributed by atoms with Gasteiger partial charge in [0.05, 0.1) is 6.10 Å². The number of rotatable bonds is 8. The zero-order valence-electron chi connectivity index (χ0n) is 15.2. The molecule has 0 aliphatic heterocycles. The Balaban J connectivity index is 1.74. The van der Waals surface area contributed by atoms with Gasteiger partial charge in [-0.05, 0) is 35.7 Å². The van der Waals surface area contributed by atoms with Gasteiger partial charge >= 0.3 is 0 Å². The Morgan fingerprint density at radius 2 is 1.15 bits per heavy atom. The summed E-state index contributed by atoms with van der Waals surface area (Å²) in [6, 6.07) is 26.2. The smallest absolute Gasteiger partial charge is 0.123 e. The Labute approximate surface area is 155 Å². The SMILES string of the molecule is COC(C)c1cc(OCc2ccccc2)cc(OCc2ccccc2)c1. The highest BCUT2D eigenvalue weighted by Gasteiger charge is 2.10. The van der Waals surface area contributed by atoms with Crippen LogP contribution in [0, 0.1) is 0 Å². The summed E-state index contributed by atoms with van der Waals surface area (Å²) in [5.74, 6) is 1.55. The molecule has 0 radical (unpaired) electrons. The molecule has 3 nitrogen and oxygen atoms in total. The fraction of sp³-hybridized carbons (Fsp3) is 0.217. The second-order valence-corrected chi connectivity index (χ2v) is 6.16. The molecule has 1 unspecified atom stereocenters. The molecule has 3 heteroatoms. The van der Waals surface area contributed by atoms with Gasteiger partial charge in [-0.2, -0.15) is 0 Å². The van der Waals surface area contributed by atoms with Gasteiger partial charge in [-0.15, -0.1) is 0 Å². The minimum Gasteiger partial charge on any atom is -0.489 e. The maximum absolute atomic E-state index is 5.98. The summed E-state index contributed by atoms with van der Waals surface area (Å²) in [5, 5.41) is 0. The Morgan fingerprint density at radius 1 is 0.692 bits per heavy atom. The minimum absolute atomic E-state index is 0.0330. The summed E-state index contributed by atoms with van der Waals surface area (Å²) in [4.78, 5) is 0. The fourth-order valence-electron chi connectivity index (χ4n) is 2.61. The molecular formula is C23H24O3. The molecule has 0 aromatic heterocycles. The van der Waals surface area contributed by atoms with Gasteiger partial charge in [-0.1, -0.05) is 60.7 Å². The fourth-order valence-corrected chi connectivity index (χ4v) is 2.61. The third-order valence-electron chi connectivity index (χ3n) is 4.22. The highest BCUT2D eigenvalue weighted by atomic mass is 16.5. The first-order chi connectivity index (χ1) is 12.7. The number of hydrogen-bond donors (Lipinski definition) is 0. The quantitative estimate of drug-likeness (QED) is 0.534. The molecule has 134 valence electrons. The van der Waals surface area contributed by atoms with Gasteiger partial charge in [-0.25, -0.2) is 0 Å². The molecule has 0 spiro atoms. The van der Waals surface area contributed by atoms with E-state index in [2.05, 4.69) is 24.3 Å². The Kier molecular flexibility index (Phi) is 6.29. The van der Waals surface area contributed by atoms with Crippen LogP contribution in [-0.4, -0.2) is 7.11 Å². The molecule has 3 aromatic carbocycles. The Hall–Kier alpha value is -2.78. The van der Waals surface area contributed by atoms with E-state index in [1.54, 1.807) is 7.11 Å². The van der Waals surface area contributed by atoms with Crippen molar-refractivity contribution < 1.29 is 14.2 Å². The predicted molar refractivity (Wildman–Crippen MR) is 103 cm³/mol. The van der Waals surface area contributed by atoms with E-state index < -0.39 is 0 Å². The molecule has 0 fully saturated rings. The molecule has 1 atom stereocenters. The van der Waals surface area contributed by atoms with Crippen LogP contribution in [-0.2, 0) is 18.0 Å². The molecule has 0 heterocycles. The lowest BCUT2D eigenvalue weighted by Gasteiger charge is -2.15. The molecule has 0 saturated carbocycles. The van der Waals surface area contributed by atoms with Gasteiger partial charge in [0, 0.05) is 13.2 Å². The second-order valence-electron chi connectivity index (χ2n) is 6.16. The van der Waals surface area contributed by atoms with Crippen molar-refractivity contribution in [1.82, 2.24) is 0 Å². The van der Waals surface area contributed by atoms with Crippen molar-refractivity contribution >= 4 is 0 Å². The topological polar surface area (TPSA) is 27.7 Å². The van der Waals surface area contributed by atoms with E-state index in [-0.39, 0.29) is 6.10 Å². The van der Waals surface area contributed by atoms with Crippen LogP contribution in [0.3, 0.4) is 0 Å². The van der Waals surface area contributed by atoms with E-state index in [1.807, 2.05) is 61.5 Å². The summed E-state index contributed by atoms with van der Waals surface area (Å²) >= 11 is 0. The Morgan fingerprint density at radius 3 is 1.58 bits per heavy atom. The van der Waals surface area contributed by atoms with Crippen molar-refractivity contribution in [2.45, 2.75) is 26.2 Å². The van der Waals surface area contributed by atoms with Crippen LogP contribution in [0.15, 0.2) is 78.9 Å². The first-order valence-electron chi connectivity index (χ1n) is 8.76. The van der Waals surface area contributed by atoms with Crippen molar-refractivity contribution in [3.05, 3.63) is 95.6 Å². The van der Waals surface area contributed by atoms with E-state index in [0.29, 0.717) is 13.2 Å². The van der Waals surface area contributed by atoms with E-state index >= 15 is 0 Å². The van der Waals surface area contributed by atoms with E-state index in [0.717, 1.165) is 28.2 Å². The summed E-state index contributed by atoms with van der Waals surface area (Å²) in [6.07, 6.45) is -0.0330. The Bertz CT molecular complexity index is 738. The lowest BCUT2D eigenvalue weighted by Crippen LogP contribution is -2.02. The molecule has 26 heavy (non-hydrogen) atoms. The van der Waals surface area contributed by atoms with Crippen molar-refractivity contribution in [1.29, 1.82) is 0 Å². The number of methoxy groups -OCH3 is 1. The summed E-state index contributed by atoms with van der Waals surface area (Å²) in [7, 11) is 1.70. The van der Waals surface area contributed by atoms with Crippen molar-refractivity contribution in [2.24, 2.45) is 0 Å². The maximum atomic E-state index is 5.98. The van der Waals surface area contributed by atoms with Gasteiger partial charge in [-0.3, -0.25) is 0 Å². The minimum atomic E-state index is -0.0330. The zero-order valence-corrected chi connectivity index (χ0v) is 15.2. The van der Waals surface area contributed by atoms with Gasteiger partial charge in [0.1, 0.15) is 24.7 Å². The number of hydrogen-bond acceptors (Lipinski definition) is 3. The highest BCUT2D eigenvalue weighted by Crippen LogP contribution is 2.29. The molecule has 3 rings (SSSR count). The lowest BCUT2D eigenvalue weighted by atomic mass is 10.1. The first kappa shape index (κ1) is 18.0. The van der Waals surface area contributed by atoms with E-state index in [4.69, 9.17) is 14.2 Å². The summed E-state index contributed by atoms with van der Waals surface area (Å²) in [6.45, 7) is 3.05. The largest absolute Gasteiger partial charge is 0.489 e. The summed E-state index contributed by atoms with van der Waals surface area (Å²) in [5.41, 5.74) is 3.29. The van der Waals surface area contributed by atoms with Crippen molar-refractivity contribution in [3.8, 4) is 11.5 Å². The standard InChI is InChI=1S/C23H24O3/c1-18(24-2)21-13-22(25-16-19-9-5-3-6-10-19)15-23(14-21)26-17-20-11-7-4-8-12-20/h3-15,18H,16-17H2,1-2H3. The normalized spacial score (nSPS) is 11.8. The summed E-state index contributed by atoms with van der Waals surface area (Å²) < 4.78 is 17.4. The van der Waals surface area contributed by atoms with E-state index in [1.165, 1.54) is 0 Å². The maximum Gasteiger partial charge on any atom is 0.123 e. The van der Waals surface area contributed by atoms with Crippen molar-refractivity contribution in [2.75, 3.05) is 7.11 Å². The predicted octanol–water partition coefficient (Wildman–Crippen LogP) is 5.55. The van der Waals surface area contributed by atoms with Crippen molar-refractivity contribution in [3.63, 3.8) is 0 Å². The molecule has 0 saturated heterocycles. The first-order valence-corrected chi connectivity index (χ1v) is 8.76. The molecule has 0 aliphatic carbocycles. The molecule has 3 aromatic rings. The van der Waals surface area contributed by atoms with Crippen LogP contribution in [0.5, 0.6) is 11.5 Å². The third kappa shape index (κ3) is 5.11. The van der Waals surface area contributed by atoms with Crippen LogP contribution in [0.4, 0.5) is 0 Å². The molecular weight excluding hydrogens is 324 g/mol. The van der Waals surface area contributed by atoms with Crippen LogP contribution in [0.2, 0.25) is 0 Å². The van der Waals surface area contributed by atoms with Gasteiger partial charge in [0.2, 0.25) is 0 Å². The molecule has 0 N–H and O–H groups in total. The number of ether oxygens (including phenoxy) is 3. The lowest BCUT2D eigenvalue weighted by molar-refractivity contribution is 0.119. The van der Waals surface area contributed by atoms with E-state index in [9.17, 15) is 0 Å². The van der Waals surface area contributed by atoms with Gasteiger partial charge in [0.15, 0.2) is 0 Å². The van der Waals surface area contributed by atoms with Crippen LogP contribution in [0.1, 0.15) is 29.7 Å². The second kappa shape index (κ2) is 9.07. The average Bonchev–Trinajstić information content (AvgIpc) is 2.71. The van der Waals surface area contributed by atoms with Gasteiger partial charge < -0.3 is 14.2 Å². The highest BCUT2D eigenvalue weighted by molar-refractivity contribution is 5.39. The van der Waals surface area contributed by atoms with Gasteiger partial charge in [0.25, 0.3) is 0 Å². The molecule has 0 amide bonds. The monoisotopic (exact) mass is 348 g/mol. The zero-order chi connectivity index (χ0) is 18.2. The number of benzene rings is 3. The van der Waals surface area contributed by atoms with Crippen LogP contribution in [0.25, 0.3) is 0 Å². The van der Waals surface area contributed by atoms with Crippen LogP contribution < -0.4 is 9.47 Å². The van der Waals surface area contributed by atoms with Crippen LogP contribution >= 0.6 is 0 Å².